The smallest absolute Gasteiger partial charge is 0.330 e. The molecule has 0 aliphatic rings. The SMILES string of the molecule is CCOC(=O)C(N)(CC(C)C)c1ccccc1. The molecule has 1 aromatic rings. The monoisotopic (exact) mass is 235 g/mol. The molecule has 1 unspecified atom stereocenters. The standard InChI is InChI=1S/C14H21NO2/c1-4-17-13(16)14(15,10-11(2)3)12-8-6-5-7-9-12/h5-9,11H,4,10,15H2,1-3H3. The molecule has 1 atom stereocenters. The van der Waals surface area contributed by atoms with Crippen LogP contribution in [0, 0.1) is 5.92 Å². The Labute approximate surface area is 103 Å². The lowest BCUT2D eigenvalue weighted by Gasteiger charge is -2.29. The van der Waals surface area contributed by atoms with E-state index in [9.17, 15) is 4.79 Å². The minimum Gasteiger partial charge on any atom is -0.464 e. The third kappa shape index (κ3) is 3.30. The zero-order valence-electron chi connectivity index (χ0n) is 10.8. The summed E-state index contributed by atoms with van der Waals surface area (Å²) in [6, 6.07) is 9.43. The summed E-state index contributed by atoms with van der Waals surface area (Å²) in [5.41, 5.74) is 6.05. The summed E-state index contributed by atoms with van der Waals surface area (Å²) in [5.74, 6) is -0.0236. The minimum atomic E-state index is -1.04. The highest BCUT2D eigenvalue weighted by molar-refractivity contribution is 5.82. The van der Waals surface area contributed by atoms with Crippen LogP contribution < -0.4 is 5.73 Å². The number of hydrogen-bond acceptors (Lipinski definition) is 3. The van der Waals surface area contributed by atoms with Gasteiger partial charge in [-0.05, 0) is 24.8 Å². The van der Waals surface area contributed by atoms with Gasteiger partial charge in [-0.2, -0.15) is 0 Å². The van der Waals surface area contributed by atoms with E-state index in [4.69, 9.17) is 10.5 Å². The van der Waals surface area contributed by atoms with Gasteiger partial charge in [0.25, 0.3) is 0 Å². The zero-order valence-corrected chi connectivity index (χ0v) is 10.8. The second-order valence-electron chi connectivity index (χ2n) is 4.66. The van der Waals surface area contributed by atoms with E-state index in [1.54, 1.807) is 6.92 Å². The van der Waals surface area contributed by atoms with Crippen molar-refractivity contribution in [3.63, 3.8) is 0 Å². The van der Waals surface area contributed by atoms with Gasteiger partial charge in [-0.1, -0.05) is 44.2 Å². The lowest BCUT2D eigenvalue weighted by Crippen LogP contribution is -2.47. The Morgan fingerprint density at radius 2 is 1.94 bits per heavy atom. The molecule has 0 aliphatic heterocycles. The van der Waals surface area contributed by atoms with Gasteiger partial charge in [0, 0.05) is 0 Å². The van der Waals surface area contributed by atoms with Crippen molar-refractivity contribution >= 4 is 5.97 Å². The van der Waals surface area contributed by atoms with E-state index in [-0.39, 0.29) is 5.97 Å². The van der Waals surface area contributed by atoms with Crippen LogP contribution in [0.3, 0.4) is 0 Å². The van der Waals surface area contributed by atoms with E-state index in [1.807, 2.05) is 44.2 Å². The Kier molecular flexibility index (Phi) is 4.70. The molecule has 0 spiro atoms. The van der Waals surface area contributed by atoms with Gasteiger partial charge in [0.1, 0.15) is 5.54 Å². The highest BCUT2D eigenvalue weighted by Gasteiger charge is 2.37. The number of ether oxygens (including phenoxy) is 1. The summed E-state index contributed by atoms with van der Waals surface area (Å²) in [5, 5.41) is 0. The maximum absolute atomic E-state index is 12.1. The van der Waals surface area contributed by atoms with Crippen LogP contribution in [0.15, 0.2) is 30.3 Å². The second kappa shape index (κ2) is 5.82. The first kappa shape index (κ1) is 13.7. The Morgan fingerprint density at radius 1 is 1.35 bits per heavy atom. The molecule has 0 saturated heterocycles. The summed E-state index contributed by atoms with van der Waals surface area (Å²) >= 11 is 0. The minimum absolute atomic E-state index is 0.324. The first-order valence-corrected chi connectivity index (χ1v) is 6.02. The molecule has 0 aliphatic carbocycles. The van der Waals surface area contributed by atoms with Gasteiger partial charge in [-0.25, -0.2) is 4.79 Å². The molecular formula is C14H21NO2. The quantitative estimate of drug-likeness (QED) is 0.797. The van der Waals surface area contributed by atoms with Gasteiger partial charge >= 0.3 is 5.97 Å². The molecule has 0 amide bonds. The second-order valence-corrected chi connectivity index (χ2v) is 4.66. The van der Waals surface area contributed by atoms with Crippen molar-refractivity contribution in [3.05, 3.63) is 35.9 Å². The normalized spacial score (nSPS) is 14.4. The zero-order chi connectivity index (χ0) is 12.9. The van der Waals surface area contributed by atoms with Crippen LogP contribution in [-0.4, -0.2) is 12.6 Å². The van der Waals surface area contributed by atoms with Crippen molar-refractivity contribution in [2.75, 3.05) is 6.61 Å². The molecule has 17 heavy (non-hydrogen) atoms. The number of carbonyl (C=O) groups excluding carboxylic acids is 1. The van der Waals surface area contributed by atoms with Crippen molar-refractivity contribution in [1.29, 1.82) is 0 Å². The van der Waals surface area contributed by atoms with Gasteiger partial charge in [0.2, 0.25) is 0 Å². The number of hydrogen-bond donors (Lipinski definition) is 1. The van der Waals surface area contributed by atoms with Gasteiger partial charge < -0.3 is 10.5 Å². The topological polar surface area (TPSA) is 52.3 Å². The Bertz CT molecular complexity index is 362. The van der Waals surface area contributed by atoms with Gasteiger partial charge in [-0.15, -0.1) is 0 Å². The lowest BCUT2D eigenvalue weighted by molar-refractivity contribution is -0.150. The van der Waals surface area contributed by atoms with Gasteiger partial charge in [0.05, 0.1) is 6.61 Å². The van der Waals surface area contributed by atoms with Crippen molar-refractivity contribution in [3.8, 4) is 0 Å². The average molecular weight is 235 g/mol. The highest BCUT2D eigenvalue weighted by Crippen LogP contribution is 2.27. The van der Waals surface area contributed by atoms with Crippen molar-refractivity contribution in [2.45, 2.75) is 32.7 Å². The Balaban J connectivity index is 3.06. The predicted molar refractivity (Wildman–Crippen MR) is 68.4 cm³/mol. The lowest BCUT2D eigenvalue weighted by atomic mass is 9.83. The van der Waals surface area contributed by atoms with Crippen LogP contribution in [0.25, 0.3) is 0 Å². The van der Waals surface area contributed by atoms with Crippen LogP contribution in [-0.2, 0) is 15.1 Å². The number of nitrogens with two attached hydrogens (primary N) is 1. The molecular weight excluding hydrogens is 214 g/mol. The summed E-state index contributed by atoms with van der Waals surface area (Å²) in [4.78, 5) is 12.1. The molecule has 3 heteroatoms. The van der Waals surface area contributed by atoms with Crippen LogP contribution >= 0.6 is 0 Å². The number of benzene rings is 1. The van der Waals surface area contributed by atoms with Gasteiger partial charge in [-0.3, -0.25) is 0 Å². The van der Waals surface area contributed by atoms with E-state index in [1.165, 1.54) is 0 Å². The largest absolute Gasteiger partial charge is 0.464 e. The molecule has 0 fully saturated rings. The molecule has 0 aromatic heterocycles. The van der Waals surface area contributed by atoms with E-state index in [0.717, 1.165) is 5.56 Å². The predicted octanol–water partition coefficient (Wildman–Crippen LogP) is 2.45. The van der Waals surface area contributed by atoms with Crippen LogP contribution in [0.1, 0.15) is 32.8 Å². The molecule has 0 radical (unpaired) electrons. The fourth-order valence-electron chi connectivity index (χ4n) is 1.96. The molecule has 0 heterocycles. The third-order valence-corrected chi connectivity index (χ3v) is 2.66. The summed E-state index contributed by atoms with van der Waals surface area (Å²) in [7, 11) is 0. The maximum Gasteiger partial charge on any atom is 0.330 e. The molecule has 94 valence electrons. The first-order chi connectivity index (χ1) is 8.00. The van der Waals surface area contributed by atoms with Crippen molar-refractivity contribution in [2.24, 2.45) is 11.7 Å². The Morgan fingerprint density at radius 3 is 2.41 bits per heavy atom. The van der Waals surface area contributed by atoms with Crippen molar-refractivity contribution < 1.29 is 9.53 Å². The highest BCUT2D eigenvalue weighted by atomic mass is 16.5. The molecule has 1 rings (SSSR count). The van der Waals surface area contributed by atoms with E-state index in [0.29, 0.717) is 18.9 Å². The summed E-state index contributed by atoms with van der Waals surface area (Å²) < 4.78 is 5.10. The van der Waals surface area contributed by atoms with Crippen LogP contribution in [0.4, 0.5) is 0 Å². The average Bonchev–Trinajstić information content (AvgIpc) is 2.29. The van der Waals surface area contributed by atoms with E-state index in [2.05, 4.69) is 0 Å². The Hall–Kier alpha value is -1.35. The summed E-state index contributed by atoms with van der Waals surface area (Å²) in [6.07, 6.45) is 0.579. The fourth-order valence-corrected chi connectivity index (χ4v) is 1.96. The van der Waals surface area contributed by atoms with Crippen LogP contribution in [0.2, 0.25) is 0 Å². The third-order valence-electron chi connectivity index (χ3n) is 2.66. The molecule has 1 aromatic carbocycles. The molecule has 2 N–H and O–H groups in total. The fraction of sp³-hybridized carbons (Fsp3) is 0.500. The molecule has 0 bridgehead atoms. The number of carbonyl (C=O) groups is 1. The molecule has 3 nitrogen and oxygen atoms in total. The first-order valence-electron chi connectivity index (χ1n) is 6.02. The maximum atomic E-state index is 12.1. The van der Waals surface area contributed by atoms with E-state index < -0.39 is 5.54 Å². The van der Waals surface area contributed by atoms with Crippen molar-refractivity contribution in [1.82, 2.24) is 0 Å². The summed E-state index contributed by atoms with van der Waals surface area (Å²) in [6.45, 7) is 6.23. The number of esters is 1. The number of rotatable bonds is 5. The van der Waals surface area contributed by atoms with Gasteiger partial charge in [0.15, 0.2) is 0 Å². The van der Waals surface area contributed by atoms with E-state index >= 15 is 0 Å². The molecule has 0 saturated carbocycles. The van der Waals surface area contributed by atoms with Crippen LogP contribution in [0.5, 0.6) is 0 Å².